The van der Waals surface area contributed by atoms with Gasteiger partial charge in [0.05, 0.1) is 0 Å². The number of nitrogens with one attached hydrogen (secondary N) is 2. The fraction of sp³-hybridized carbons (Fsp3) is 0.588. The van der Waals surface area contributed by atoms with Crippen molar-refractivity contribution in [1.29, 1.82) is 0 Å². The second kappa shape index (κ2) is 8.78. The van der Waals surface area contributed by atoms with Crippen LogP contribution in [0.1, 0.15) is 50.5 Å². The van der Waals surface area contributed by atoms with E-state index >= 15 is 0 Å². The zero-order valence-corrected chi connectivity index (χ0v) is 12.5. The van der Waals surface area contributed by atoms with Gasteiger partial charge >= 0.3 is 0 Å². The molecule has 2 N–H and O–H groups in total. The third-order valence-electron chi connectivity index (χ3n) is 3.99. The lowest BCUT2D eigenvalue weighted by atomic mass is 10.1. The van der Waals surface area contributed by atoms with Crippen LogP contribution in [-0.2, 0) is 11.3 Å². The maximum Gasteiger partial charge on any atom is 0.221 e. The van der Waals surface area contributed by atoms with Crippen molar-refractivity contribution in [2.75, 3.05) is 6.54 Å². The Morgan fingerprint density at radius 3 is 2.43 bits per heavy atom. The average molecular weight is 292 g/mol. The third kappa shape index (κ3) is 6.25. The second-order valence-corrected chi connectivity index (χ2v) is 5.81. The van der Waals surface area contributed by atoms with Crippen LogP contribution in [0.3, 0.4) is 0 Å². The highest BCUT2D eigenvalue weighted by Gasteiger charge is 2.14. The first kappa shape index (κ1) is 16.0. The molecule has 0 bridgehead atoms. The van der Waals surface area contributed by atoms with Gasteiger partial charge in [0.2, 0.25) is 5.91 Å². The number of benzene rings is 1. The van der Waals surface area contributed by atoms with Gasteiger partial charge in [0.25, 0.3) is 0 Å². The molecule has 0 saturated heterocycles. The Balaban J connectivity index is 1.59. The van der Waals surface area contributed by atoms with Crippen LogP contribution in [0.15, 0.2) is 24.3 Å². The highest BCUT2D eigenvalue weighted by Crippen LogP contribution is 2.17. The molecule has 0 unspecified atom stereocenters. The van der Waals surface area contributed by atoms with E-state index in [2.05, 4.69) is 10.6 Å². The molecule has 1 aromatic carbocycles. The van der Waals surface area contributed by atoms with Crippen molar-refractivity contribution in [3.8, 4) is 0 Å². The topological polar surface area (TPSA) is 41.1 Å². The molecule has 0 aliphatic heterocycles. The van der Waals surface area contributed by atoms with Gasteiger partial charge in [-0.25, -0.2) is 4.39 Å². The average Bonchev–Trinajstić information content (AvgIpc) is 2.74. The molecule has 4 heteroatoms. The van der Waals surface area contributed by atoms with Gasteiger partial charge in [0.15, 0.2) is 0 Å². The molecule has 0 spiro atoms. The number of carbonyl (C=O) groups is 1. The van der Waals surface area contributed by atoms with Gasteiger partial charge in [-0.05, 0) is 30.5 Å². The van der Waals surface area contributed by atoms with E-state index in [1.807, 2.05) is 0 Å². The molecular weight excluding hydrogens is 267 g/mol. The molecule has 1 saturated carbocycles. The summed E-state index contributed by atoms with van der Waals surface area (Å²) in [6.45, 7) is 1.31. The Hall–Kier alpha value is -1.42. The van der Waals surface area contributed by atoms with Gasteiger partial charge in [0, 0.05) is 25.6 Å². The summed E-state index contributed by atoms with van der Waals surface area (Å²) in [5, 5.41) is 6.35. The standard InChI is InChI=1S/C17H25FN2O/c18-15-9-7-14(8-10-15)13-19-12-11-17(21)20-16-5-3-1-2-4-6-16/h7-10,16,19H,1-6,11-13H2,(H,20,21). The van der Waals surface area contributed by atoms with Gasteiger partial charge < -0.3 is 10.6 Å². The van der Waals surface area contributed by atoms with Crippen LogP contribution in [0, 0.1) is 5.82 Å². The van der Waals surface area contributed by atoms with E-state index < -0.39 is 0 Å². The van der Waals surface area contributed by atoms with E-state index in [0.717, 1.165) is 18.4 Å². The molecule has 0 radical (unpaired) electrons. The normalized spacial score (nSPS) is 16.4. The van der Waals surface area contributed by atoms with E-state index in [-0.39, 0.29) is 11.7 Å². The minimum Gasteiger partial charge on any atom is -0.353 e. The van der Waals surface area contributed by atoms with Gasteiger partial charge in [0.1, 0.15) is 5.82 Å². The molecule has 21 heavy (non-hydrogen) atoms. The Bertz CT molecular complexity index is 425. The van der Waals surface area contributed by atoms with Crippen LogP contribution in [0.5, 0.6) is 0 Å². The molecule has 0 aromatic heterocycles. The van der Waals surface area contributed by atoms with Gasteiger partial charge in [-0.1, -0.05) is 37.8 Å². The first-order valence-corrected chi connectivity index (χ1v) is 7.98. The Morgan fingerprint density at radius 1 is 1.10 bits per heavy atom. The molecule has 1 aliphatic rings. The summed E-state index contributed by atoms with van der Waals surface area (Å²) in [5.41, 5.74) is 1.03. The summed E-state index contributed by atoms with van der Waals surface area (Å²) < 4.78 is 12.8. The first-order valence-electron chi connectivity index (χ1n) is 7.98. The van der Waals surface area contributed by atoms with E-state index in [4.69, 9.17) is 0 Å². The Morgan fingerprint density at radius 2 is 1.76 bits per heavy atom. The van der Waals surface area contributed by atoms with Gasteiger partial charge in [-0.15, -0.1) is 0 Å². The monoisotopic (exact) mass is 292 g/mol. The van der Waals surface area contributed by atoms with Gasteiger partial charge in [-0.2, -0.15) is 0 Å². The van der Waals surface area contributed by atoms with Crippen LogP contribution in [0.2, 0.25) is 0 Å². The predicted molar refractivity (Wildman–Crippen MR) is 82.4 cm³/mol. The maximum atomic E-state index is 12.8. The van der Waals surface area contributed by atoms with Crippen molar-refractivity contribution in [2.45, 2.75) is 57.5 Å². The minimum atomic E-state index is -0.221. The minimum absolute atomic E-state index is 0.133. The van der Waals surface area contributed by atoms with Crippen molar-refractivity contribution in [2.24, 2.45) is 0 Å². The number of halogens is 1. The summed E-state index contributed by atoms with van der Waals surface area (Å²) in [6.07, 6.45) is 7.79. The highest BCUT2D eigenvalue weighted by molar-refractivity contribution is 5.76. The molecule has 0 heterocycles. The molecule has 0 atom stereocenters. The summed E-state index contributed by atoms with van der Waals surface area (Å²) in [4.78, 5) is 11.9. The van der Waals surface area contributed by atoms with E-state index in [1.165, 1.54) is 37.8 Å². The number of hydrogen-bond acceptors (Lipinski definition) is 2. The predicted octanol–water partition coefficient (Wildman–Crippen LogP) is 3.14. The second-order valence-electron chi connectivity index (χ2n) is 5.81. The molecular formula is C17H25FN2O. The summed E-state index contributed by atoms with van der Waals surface area (Å²) >= 11 is 0. The zero-order chi connectivity index (χ0) is 14.9. The molecule has 1 amide bonds. The summed E-state index contributed by atoms with van der Waals surface area (Å²) in [5.74, 6) is -0.0879. The number of hydrogen-bond donors (Lipinski definition) is 2. The van der Waals surface area contributed by atoms with Gasteiger partial charge in [-0.3, -0.25) is 4.79 Å². The lowest BCUT2D eigenvalue weighted by molar-refractivity contribution is -0.121. The molecule has 116 valence electrons. The van der Waals surface area contributed by atoms with Crippen LogP contribution in [0.4, 0.5) is 4.39 Å². The SMILES string of the molecule is O=C(CCNCc1ccc(F)cc1)NC1CCCCCC1. The van der Waals surface area contributed by atoms with Crippen molar-refractivity contribution in [1.82, 2.24) is 10.6 Å². The molecule has 1 aliphatic carbocycles. The highest BCUT2D eigenvalue weighted by atomic mass is 19.1. The van der Waals surface area contributed by atoms with Crippen LogP contribution in [0.25, 0.3) is 0 Å². The van der Waals surface area contributed by atoms with Crippen LogP contribution < -0.4 is 10.6 Å². The fourth-order valence-electron chi connectivity index (χ4n) is 2.76. The largest absolute Gasteiger partial charge is 0.353 e. The van der Waals surface area contributed by atoms with E-state index in [1.54, 1.807) is 12.1 Å². The number of amides is 1. The maximum absolute atomic E-state index is 12.8. The molecule has 1 aromatic rings. The van der Waals surface area contributed by atoms with Crippen LogP contribution in [-0.4, -0.2) is 18.5 Å². The third-order valence-corrected chi connectivity index (χ3v) is 3.99. The van der Waals surface area contributed by atoms with Crippen molar-refractivity contribution >= 4 is 5.91 Å². The van der Waals surface area contributed by atoms with E-state index in [9.17, 15) is 9.18 Å². The number of carbonyl (C=O) groups excluding carboxylic acids is 1. The lowest BCUT2D eigenvalue weighted by Gasteiger charge is -2.16. The Labute approximate surface area is 126 Å². The zero-order valence-electron chi connectivity index (χ0n) is 12.5. The Kier molecular flexibility index (Phi) is 6.67. The quantitative estimate of drug-likeness (QED) is 0.625. The lowest BCUT2D eigenvalue weighted by Crippen LogP contribution is -2.35. The first-order chi connectivity index (χ1) is 10.2. The van der Waals surface area contributed by atoms with Crippen LogP contribution >= 0.6 is 0 Å². The summed E-state index contributed by atoms with van der Waals surface area (Å²) in [6, 6.07) is 6.80. The fourth-order valence-corrected chi connectivity index (χ4v) is 2.76. The van der Waals surface area contributed by atoms with Crippen molar-refractivity contribution in [3.05, 3.63) is 35.6 Å². The molecule has 1 fully saturated rings. The smallest absolute Gasteiger partial charge is 0.221 e. The molecule has 3 nitrogen and oxygen atoms in total. The van der Waals surface area contributed by atoms with E-state index in [0.29, 0.717) is 25.6 Å². The van der Waals surface area contributed by atoms with Crippen molar-refractivity contribution in [3.63, 3.8) is 0 Å². The van der Waals surface area contributed by atoms with Crippen molar-refractivity contribution < 1.29 is 9.18 Å². The number of rotatable bonds is 6. The summed E-state index contributed by atoms with van der Waals surface area (Å²) in [7, 11) is 0. The molecule has 2 rings (SSSR count).